The van der Waals surface area contributed by atoms with Gasteiger partial charge in [0.1, 0.15) is 0 Å². The van der Waals surface area contributed by atoms with Gasteiger partial charge >= 0.3 is 0 Å². The number of rotatable bonds is 16. The van der Waals surface area contributed by atoms with Gasteiger partial charge in [-0.2, -0.15) is 0 Å². The molecular weight excluding hydrogens is 348 g/mol. The highest BCUT2D eigenvalue weighted by Gasteiger charge is 2.41. The first-order valence-corrected chi connectivity index (χ1v) is 13.4. The zero-order valence-corrected chi connectivity index (χ0v) is 22.2. The molecule has 0 nitrogen and oxygen atoms in total. The van der Waals surface area contributed by atoms with Crippen molar-refractivity contribution in [1.82, 2.24) is 0 Å². The fraction of sp³-hybridized carbons (Fsp3) is 1.00. The molecule has 5 unspecified atom stereocenters. The summed E-state index contributed by atoms with van der Waals surface area (Å²) in [5.74, 6) is 5.73. The van der Waals surface area contributed by atoms with Crippen molar-refractivity contribution >= 4 is 0 Å². The number of hydrogen-bond donors (Lipinski definition) is 0. The molecule has 174 valence electrons. The average molecular weight is 407 g/mol. The van der Waals surface area contributed by atoms with E-state index in [-0.39, 0.29) is 0 Å². The molecule has 0 amide bonds. The summed E-state index contributed by atoms with van der Waals surface area (Å²) in [7, 11) is 0. The van der Waals surface area contributed by atoms with Gasteiger partial charge in [-0.15, -0.1) is 0 Å². The third kappa shape index (κ3) is 10.7. The van der Waals surface area contributed by atoms with Gasteiger partial charge in [0.25, 0.3) is 0 Å². The molecule has 1 rings (SSSR count). The molecule has 0 aromatic heterocycles. The van der Waals surface area contributed by atoms with Crippen molar-refractivity contribution in [3.05, 3.63) is 0 Å². The van der Waals surface area contributed by atoms with Crippen LogP contribution in [0.5, 0.6) is 0 Å². The highest BCUT2D eigenvalue weighted by molar-refractivity contribution is 4.91. The van der Waals surface area contributed by atoms with Gasteiger partial charge in [-0.3, -0.25) is 0 Å². The first-order chi connectivity index (χ1) is 13.4. The summed E-state index contributed by atoms with van der Waals surface area (Å²) in [5, 5.41) is 0. The Morgan fingerprint density at radius 1 is 0.862 bits per heavy atom. The van der Waals surface area contributed by atoms with E-state index < -0.39 is 0 Å². The van der Waals surface area contributed by atoms with E-state index >= 15 is 0 Å². The van der Waals surface area contributed by atoms with E-state index in [0.717, 1.165) is 35.5 Å². The molecule has 0 bridgehead atoms. The Bertz CT molecular complexity index is 429. The van der Waals surface area contributed by atoms with E-state index in [1.807, 2.05) is 0 Å². The molecule has 29 heavy (non-hydrogen) atoms. The van der Waals surface area contributed by atoms with Crippen molar-refractivity contribution in [3.8, 4) is 0 Å². The molecule has 0 N–H and O–H groups in total. The Hall–Kier alpha value is 0. The molecule has 1 aliphatic carbocycles. The fourth-order valence-corrected chi connectivity index (χ4v) is 6.24. The van der Waals surface area contributed by atoms with Crippen molar-refractivity contribution in [3.63, 3.8) is 0 Å². The highest BCUT2D eigenvalue weighted by atomic mass is 14.5. The lowest BCUT2D eigenvalue weighted by Gasteiger charge is -2.32. The Kier molecular flexibility index (Phi) is 11.3. The summed E-state index contributed by atoms with van der Waals surface area (Å²) in [4.78, 5) is 0. The molecule has 0 heteroatoms. The topological polar surface area (TPSA) is 0 Å². The van der Waals surface area contributed by atoms with Crippen LogP contribution < -0.4 is 0 Å². The van der Waals surface area contributed by atoms with Crippen LogP contribution in [0.25, 0.3) is 0 Å². The zero-order valence-electron chi connectivity index (χ0n) is 22.2. The molecule has 0 spiro atoms. The minimum Gasteiger partial charge on any atom is -0.0651 e. The molecule has 1 fully saturated rings. The first kappa shape index (κ1) is 27.0. The van der Waals surface area contributed by atoms with Crippen LogP contribution in [0.4, 0.5) is 0 Å². The summed E-state index contributed by atoms with van der Waals surface area (Å²) in [6.07, 6.45) is 15.7. The lowest BCUT2D eigenvalue weighted by Crippen LogP contribution is -2.21. The fourth-order valence-electron chi connectivity index (χ4n) is 6.24. The summed E-state index contributed by atoms with van der Waals surface area (Å²) in [6.45, 7) is 24.5. The van der Waals surface area contributed by atoms with Crippen molar-refractivity contribution in [2.45, 2.75) is 140 Å². The normalized spacial score (nSPS) is 23.3. The van der Waals surface area contributed by atoms with Crippen LogP contribution in [-0.2, 0) is 0 Å². The third-order valence-corrected chi connectivity index (χ3v) is 8.40. The Morgan fingerprint density at radius 2 is 1.41 bits per heavy atom. The van der Waals surface area contributed by atoms with E-state index in [2.05, 4.69) is 69.2 Å². The molecular formula is C29H58. The second kappa shape index (κ2) is 12.1. The summed E-state index contributed by atoms with van der Waals surface area (Å²) >= 11 is 0. The third-order valence-electron chi connectivity index (χ3n) is 8.40. The molecule has 0 aromatic carbocycles. The van der Waals surface area contributed by atoms with Crippen LogP contribution in [0.1, 0.15) is 140 Å². The average Bonchev–Trinajstić information content (AvgIpc) is 3.31. The van der Waals surface area contributed by atoms with Gasteiger partial charge in [-0.25, -0.2) is 0 Å². The van der Waals surface area contributed by atoms with E-state index in [9.17, 15) is 0 Å². The van der Waals surface area contributed by atoms with Crippen LogP contribution >= 0.6 is 0 Å². The van der Waals surface area contributed by atoms with Gasteiger partial charge in [0.15, 0.2) is 0 Å². The van der Waals surface area contributed by atoms with Crippen LogP contribution in [-0.4, -0.2) is 0 Å². The lowest BCUT2D eigenvalue weighted by molar-refractivity contribution is 0.193. The maximum Gasteiger partial charge on any atom is -0.0352 e. The lowest BCUT2D eigenvalue weighted by atomic mass is 9.74. The predicted molar refractivity (Wildman–Crippen MR) is 133 cm³/mol. The van der Waals surface area contributed by atoms with Crippen LogP contribution in [0.3, 0.4) is 0 Å². The molecule has 0 aliphatic heterocycles. The van der Waals surface area contributed by atoms with Gasteiger partial charge in [0.2, 0.25) is 0 Å². The second-order valence-corrected chi connectivity index (χ2v) is 13.1. The maximum absolute atomic E-state index is 2.53. The van der Waals surface area contributed by atoms with Crippen molar-refractivity contribution in [2.75, 3.05) is 0 Å². The molecule has 5 atom stereocenters. The van der Waals surface area contributed by atoms with Crippen LogP contribution in [0, 0.1) is 46.3 Å². The van der Waals surface area contributed by atoms with Crippen molar-refractivity contribution < 1.29 is 0 Å². The Labute approximate surface area is 186 Å². The minimum atomic E-state index is 0.514. The smallest absolute Gasteiger partial charge is 0.0352 e. The monoisotopic (exact) mass is 406 g/mol. The van der Waals surface area contributed by atoms with E-state index in [4.69, 9.17) is 0 Å². The standard InChI is InChI=1S/C29H58/c1-11-25(15-13-18-29(9,10)21-23(5)19-22(3)4)26(27-20-24(27)6)16-14-17-28(7,8)12-2/h22-27H,11-21H2,1-10H3. The van der Waals surface area contributed by atoms with E-state index in [1.165, 1.54) is 70.6 Å². The van der Waals surface area contributed by atoms with Crippen LogP contribution in [0.2, 0.25) is 0 Å². The summed E-state index contributed by atoms with van der Waals surface area (Å²) in [6, 6.07) is 0. The zero-order chi connectivity index (χ0) is 22.2. The highest BCUT2D eigenvalue weighted by Crippen LogP contribution is 2.50. The molecule has 0 aromatic rings. The SMILES string of the molecule is CCC(CCCC(C)(C)CC(C)CC(C)C)C(CCCC(C)(C)CC)C1CC1C. The predicted octanol–water partition coefficient (Wildman–Crippen LogP) is 10.2. The van der Waals surface area contributed by atoms with E-state index in [0.29, 0.717) is 10.8 Å². The molecule has 1 aliphatic rings. The second-order valence-electron chi connectivity index (χ2n) is 13.1. The van der Waals surface area contributed by atoms with Crippen LogP contribution in [0.15, 0.2) is 0 Å². The minimum absolute atomic E-state index is 0.514. The molecule has 0 radical (unpaired) electrons. The van der Waals surface area contributed by atoms with Gasteiger partial charge < -0.3 is 0 Å². The van der Waals surface area contributed by atoms with Crippen molar-refractivity contribution in [2.24, 2.45) is 46.3 Å². The summed E-state index contributed by atoms with van der Waals surface area (Å²) in [5.41, 5.74) is 1.05. The Balaban J connectivity index is 2.52. The largest absolute Gasteiger partial charge is 0.0651 e. The molecule has 0 saturated heterocycles. The summed E-state index contributed by atoms with van der Waals surface area (Å²) < 4.78 is 0. The van der Waals surface area contributed by atoms with E-state index in [1.54, 1.807) is 0 Å². The first-order valence-electron chi connectivity index (χ1n) is 13.4. The molecule has 0 heterocycles. The van der Waals surface area contributed by atoms with Gasteiger partial charge in [-0.05, 0) is 84.9 Å². The number of hydrogen-bond acceptors (Lipinski definition) is 0. The van der Waals surface area contributed by atoms with Gasteiger partial charge in [-0.1, -0.05) is 101 Å². The quantitative estimate of drug-likeness (QED) is 0.239. The van der Waals surface area contributed by atoms with Gasteiger partial charge in [0, 0.05) is 0 Å². The van der Waals surface area contributed by atoms with Gasteiger partial charge in [0.05, 0.1) is 0 Å². The Morgan fingerprint density at radius 3 is 1.90 bits per heavy atom. The van der Waals surface area contributed by atoms with Crippen molar-refractivity contribution in [1.29, 1.82) is 0 Å². The molecule has 1 saturated carbocycles. The maximum atomic E-state index is 2.53.